The Hall–Kier alpha value is -2.37. The minimum atomic E-state index is -1.71. The summed E-state index contributed by atoms with van der Waals surface area (Å²) in [6.07, 6.45) is -7.84. The lowest BCUT2D eigenvalue weighted by molar-refractivity contribution is -0.277. The molecule has 1 aliphatic rings. The van der Waals surface area contributed by atoms with Crippen LogP contribution < -0.4 is 15.1 Å². The number of benzene rings is 1. The zero-order valence-corrected chi connectivity index (χ0v) is 15.2. The van der Waals surface area contributed by atoms with Gasteiger partial charge in [-0.3, -0.25) is 0 Å². The molecule has 3 rings (SSSR count). The van der Waals surface area contributed by atoms with Gasteiger partial charge >= 0.3 is 5.63 Å². The molecule has 1 fully saturated rings. The van der Waals surface area contributed by atoms with Crippen molar-refractivity contribution in [1.29, 1.82) is 0 Å². The van der Waals surface area contributed by atoms with Crippen molar-refractivity contribution in [2.24, 2.45) is 0 Å². The van der Waals surface area contributed by atoms with Crippen LogP contribution in [-0.2, 0) is 4.74 Å². The highest BCUT2D eigenvalue weighted by Crippen LogP contribution is 2.36. The van der Waals surface area contributed by atoms with Crippen LogP contribution in [0.5, 0.6) is 17.2 Å². The summed E-state index contributed by atoms with van der Waals surface area (Å²) in [5.41, 5.74) is -1.03. The van der Waals surface area contributed by atoms with E-state index in [0.717, 1.165) is 0 Å². The third-order valence-electron chi connectivity index (χ3n) is 4.26. The van der Waals surface area contributed by atoms with E-state index in [9.17, 15) is 30.3 Å². The third kappa shape index (κ3) is 3.77. The van der Waals surface area contributed by atoms with Gasteiger partial charge in [0.1, 0.15) is 35.7 Å². The summed E-state index contributed by atoms with van der Waals surface area (Å²) in [6, 6.07) is 4.49. The summed E-state index contributed by atoms with van der Waals surface area (Å²) in [5.74, 6) is -0.774. The molecule has 1 aromatic carbocycles. The van der Waals surface area contributed by atoms with Crippen LogP contribution in [0.1, 0.15) is 13.8 Å². The van der Waals surface area contributed by atoms with E-state index in [1.807, 2.05) is 13.8 Å². The third-order valence-corrected chi connectivity index (χ3v) is 4.26. The topological polar surface area (TPSA) is 159 Å². The van der Waals surface area contributed by atoms with Crippen molar-refractivity contribution in [2.75, 3.05) is 6.61 Å². The first-order valence-electron chi connectivity index (χ1n) is 8.66. The molecule has 0 saturated carbocycles. The zero-order chi connectivity index (χ0) is 20.6. The lowest BCUT2D eigenvalue weighted by atomic mass is 9.99. The molecule has 1 aliphatic heterocycles. The maximum atomic E-state index is 12.0. The molecule has 0 amide bonds. The second-order valence-corrected chi connectivity index (χ2v) is 6.71. The Labute approximate surface area is 159 Å². The minimum Gasteiger partial charge on any atom is -0.499 e. The number of aliphatic hydroxyl groups excluding tert-OH is 4. The van der Waals surface area contributed by atoms with Crippen LogP contribution in [0, 0.1) is 0 Å². The molecule has 10 nitrogen and oxygen atoms in total. The van der Waals surface area contributed by atoms with Crippen LogP contribution in [0.25, 0.3) is 11.0 Å². The SMILES string of the molecule is CC(C)Oc1ccc2c(O[C@@H]3O[C@H](CO)[C@H](O)[C@H](O)[C@H]3O)c(O)c(=O)oc2c1. The van der Waals surface area contributed by atoms with Gasteiger partial charge in [-0.25, -0.2) is 4.79 Å². The fourth-order valence-corrected chi connectivity index (χ4v) is 2.89. The summed E-state index contributed by atoms with van der Waals surface area (Å²) < 4.78 is 21.3. The number of rotatable bonds is 5. The quantitative estimate of drug-likeness (QED) is 0.414. The van der Waals surface area contributed by atoms with E-state index < -0.39 is 48.7 Å². The van der Waals surface area contributed by atoms with Gasteiger partial charge in [-0.05, 0) is 26.0 Å². The van der Waals surface area contributed by atoms with Crippen molar-refractivity contribution >= 4 is 11.0 Å². The molecule has 10 heteroatoms. The molecule has 1 saturated heterocycles. The van der Waals surface area contributed by atoms with Gasteiger partial charge < -0.3 is 44.2 Å². The normalized spacial score (nSPS) is 27.9. The van der Waals surface area contributed by atoms with Gasteiger partial charge in [-0.1, -0.05) is 0 Å². The zero-order valence-electron chi connectivity index (χ0n) is 15.2. The summed E-state index contributed by atoms with van der Waals surface area (Å²) in [5, 5.41) is 49.4. The highest BCUT2D eigenvalue weighted by Gasteiger charge is 2.45. The van der Waals surface area contributed by atoms with Gasteiger partial charge in [0.15, 0.2) is 5.75 Å². The Morgan fingerprint density at radius 2 is 1.86 bits per heavy atom. The van der Waals surface area contributed by atoms with Crippen molar-refractivity contribution in [1.82, 2.24) is 0 Å². The standard InChI is InChI=1S/C18H22O10/c1-7(2)25-8-3-4-9-10(5-8)26-17(24)15(23)16(9)28-18-14(22)13(21)12(20)11(6-19)27-18/h3-5,7,11-14,18-23H,6H2,1-2H3/t11-,12+,13+,14-,18+/m1/s1. The van der Waals surface area contributed by atoms with Crippen LogP contribution in [0.4, 0.5) is 0 Å². The molecule has 0 aliphatic carbocycles. The number of aliphatic hydroxyl groups is 4. The van der Waals surface area contributed by atoms with Gasteiger partial charge in [0.25, 0.3) is 0 Å². The molecule has 1 aromatic heterocycles. The van der Waals surface area contributed by atoms with Crippen LogP contribution in [0.15, 0.2) is 27.4 Å². The lowest BCUT2D eigenvalue weighted by Crippen LogP contribution is -2.60. The molecule has 28 heavy (non-hydrogen) atoms. The summed E-state index contributed by atoms with van der Waals surface area (Å²) in [6.45, 7) is 3.00. The maximum absolute atomic E-state index is 12.0. The Balaban J connectivity index is 2.00. The van der Waals surface area contributed by atoms with Crippen molar-refractivity contribution in [2.45, 2.75) is 50.7 Å². The molecule has 0 spiro atoms. The molecular weight excluding hydrogens is 376 g/mol. The van der Waals surface area contributed by atoms with Crippen molar-refractivity contribution in [3.05, 3.63) is 28.6 Å². The van der Waals surface area contributed by atoms with Gasteiger partial charge in [0.05, 0.1) is 18.1 Å². The average Bonchev–Trinajstić information content (AvgIpc) is 2.64. The van der Waals surface area contributed by atoms with E-state index >= 15 is 0 Å². The van der Waals surface area contributed by atoms with Gasteiger partial charge in [0, 0.05) is 6.07 Å². The average molecular weight is 398 g/mol. The van der Waals surface area contributed by atoms with Crippen LogP contribution in [-0.4, -0.2) is 68.9 Å². The largest absolute Gasteiger partial charge is 0.499 e. The molecule has 0 bridgehead atoms. The first kappa shape index (κ1) is 20.4. The van der Waals surface area contributed by atoms with E-state index in [1.54, 1.807) is 6.07 Å². The predicted octanol–water partition coefficient (Wildman–Crippen LogP) is -0.536. The number of fused-ring (bicyclic) bond motifs is 1. The Kier molecular flexibility index (Phi) is 5.77. The maximum Gasteiger partial charge on any atom is 0.382 e. The Bertz CT molecular complexity index is 890. The molecule has 2 heterocycles. The number of ether oxygens (including phenoxy) is 3. The first-order chi connectivity index (χ1) is 13.2. The molecule has 5 atom stereocenters. The highest BCUT2D eigenvalue weighted by atomic mass is 16.7. The van der Waals surface area contributed by atoms with E-state index in [0.29, 0.717) is 5.75 Å². The van der Waals surface area contributed by atoms with Crippen molar-refractivity contribution in [3.63, 3.8) is 0 Å². The summed E-state index contributed by atoms with van der Waals surface area (Å²) in [7, 11) is 0. The summed E-state index contributed by atoms with van der Waals surface area (Å²) >= 11 is 0. The van der Waals surface area contributed by atoms with Gasteiger partial charge in [0.2, 0.25) is 12.0 Å². The van der Waals surface area contributed by atoms with E-state index in [4.69, 9.17) is 18.6 Å². The molecule has 154 valence electrons. The van der Waals surface area contributed by atoms with Crippen LogP contribution >= 0.6 is 0 Å². The van der Waals surface area contributed by atoms with Gasteiger partial charge in [-0.15, -0.1) is 0 Å². The van der Waals surface area contributed by atoms with Crippen LogP contribution in [0.3, 0.4) is 0 Å². The number of hydrogen-bond acceptors (Lipinski definition) is 10. The van der Waals surface area contributed by atoms with Crippen molar-refractivity contribution in [3.8, 4) is 17.2 Å². The Morgan fingerprint density at radius 3 is 2.50 bits per heavy atom. The fourth-order valence-electron chi connectivity index (χ4n) is 2.89. The minimum absolute atomic E-state index is 0.0561. The van der Waals surface area contributed by atoms with Gasteiger partial charge in [-0.2, -0.15) is 0 Å². The first-order valence-corrected chi connectivity index (χ1v) is 8.66. The number of aromatic hydroxyl groups is 1. The molecule has 2 aromatic rings. The molecular formula is C18H22O10. The second kappa shape index (κ2) is 7.94. The molecule has 0 radical (unpaired) electrons. The Morgan fingerprint density at radius 1 is 1.14 bits per heavy atom. The fraction of sp³-hybridized carbons (Fsp3) is 0.500. The monoisotopic (exact) mass is 398 g/mol. The van der Waals surface area contributed by atoms with Crippen molar-refractivity contribution < 1.29 is 44.2 Å². The summed E-state index contributed by atoms with van der Waals surface area (Å²) in [4.78, 5) is 12.0. The smallest absolute Gasteiger partial charge is 0.382 e. The highest BCUT2D eigenvalue weighted by molar-refractivity contribution is 5.86. The van der Waals surface area contributed by atoms with Crippen LogP contribution in [0.2, 0.25) is 0 Å². The number of hydrogen-bond donors (Lipinski definition) is 5. The molecule has 5 N–H and O–H groups in total. The predicted molar refractivity (Wildman–Crippen MR) is 94.3 cm³/mol. The molecule has 0 unspecified atom stereocenters. The van der Waals surface area contributed by atoms with E-state index in [-0.39, 0.29) is 22.8 Å². The lowest BCUT2D eigenvalue weighted by Gasteiger charge is -2.39. The van der Waals surface area contributed by atoms with E-state index in [1.165, 1.54) is 12.1 Å². The second-order valence-electron chi connectivity index (χ2n) is 6.71. The van der Waals surface area contributed by atoms with E-state index in [2.05, 4.69) is 0 Å².